The van der Waals surface area contributed by atoms with Crippen molar-refractivity contribution < 1.29 is 19.0 Å². The molecule has 1 aromatic heterocycles. The number of likely N-dealkylation sites (tertiary alicyclic amines) is 1. The van der Waals surface area contributed by atoms with E-state index in [2.05, 4.69) is 41.5 Å². The van der Waals surface area contributed by atoms with Gasteiger partial charge in [-0.25, -0.2) is 9.97 Å². The number of amides is 1. The van der Waals surface area contributed by atoms with Gasteiger partial charge in [-0.05, 0) is 77.7 Å². The number of nitrogens with zero attached hydrogens (tertiary/aromatic N) is 3. The molecule has 1 amide bonds. The number of carbonyl (C=O) groups is 1. The number of nitrogens with one attached hydrogen (secondary N) is 1. The normalized spacial score (nSPS) is 26.1. The number of aromatic nitrogens is 2. The van der Waals surface area contributed by atoms with Crippen LogP contribution in [0.4, 0.5) is 0 Å². The quantitative estimate of drug-likeness (QED) is 0.512. The number of hydrogen-bond acceptors (Lipinski definition) is 7. The molecule has 0 spiro atoms. The van der Waals surface area contributed by atoms with Crippen LogP contribution in [0.2, 0.25) is 0 Å². The summed E-state index contributed by atoms with van der Waals surface area (Å²) in [6.45, 7) is 8.89. The lowest BCUT2D eigenvalue weighted by Gasteiger charge is -2.38. The van der Waals surface area contributed by atoms with Crippen LogP contribution in [0, 0.1) is 20.8 Å². The summed E-state index contributed by atoms with van der Waals surface area (Å²) < 4.78 is 17.7. The van der Waals surface area contributed by atoms with Crippen LogP contribution in [0.15, 0.2) is 24.3 Å². The molecule has 3 fully saturated rings. The van der Waals surface area contributed by atoms with Gasteiger partial charge < -0.3 is 24.4 Å². The summed E-state index contributed by atoms with van der Waals surface area (Å²) in [5.74, 6) is 0.685. The first-order valence-corrected chi connectivity index (χ1v) is 15.1. The number of ether oxygens (including phenoxy) is 3. The zero-order valence-electron chi connectivity index (χ0n) is 24.7. The Balaban J connectivity index is 1.17. The van der Waals surface area contributed by atoms with Crippen LogP contribution in [0.25, 0.3) is 0 Å². The summed E-state index contributed by atoms with van der Waals surface area (Å²) in [7, 11) is 1.75. The highest BCUT2D eigenvalue weighted by Gasteiger charge is 2.31. The van der Waals surface area contributed by atoms with Gasteiger partial charge in [0.1, 0.15) is 11.5 Å². The molecular weight excluding hydrogens is 504 g/mol. The molecule has 4 atom stereocenters. The van der Waals surface area contributed by atoms with Gasteiger partial charge in [-0.2, -0.15) is 0 Å². The lowest BCUT2D eigenvalue weighted by Crippen LogP contribution is -2.54. The zero-order chi connectivity index (χ0) is 28.1. The third-order valence-corrected chi connectivity index (χ3v) is 8.87. The minimum Gasteiger partial charge on any atom is -0.379 e. The molecule has 0 unspecified atom stereocenters. The minimum atomic E-state index is 0.0250. The van der Waals surface area contributed by atoms with E-state index >= 15 is 0 Å². The highest BCUT2D eigenvalue weighted by Crippen LogP contribution is 2.33. The second kappa shape index (κ2) is 13.5. The van der Waals surface area contributed by atoms with Gasteiger partial charge >= 0.3 is 0 Å². The standard InChI is InChI=1S/C32H46N4O4/c1-21-7-5-8-24(19-21)29-10-6-9-26(40-29)11-12-27-22(2)31(34-23(3)33-27)32(37)36-16-13-25(14-17-36)35-28-15-18-39-20-30(28)38-4/h5,7-8,19,25-26,28-30,35H,6,9-18,20H2,1-4H3/t26-,28-,29+,30+/m0/s1. The maximum atomic E-state index is 13.6. The molecule has 40 heavy (non-hydrogen) atoms. The first-order chi connectivity index (χ1) is 19.4. The van der Waals surface area contributed by atoms with Gasteiger partial charge in [0.15, 0.2) is 0 Å². The van der Waals surface area contributed by atoms with Gasteiger partial charge in [0.25, 0.3) is 5.91 Å². The predicted octanol–water partition coefficient (Wildman–Crippen LogP) is 4.64. The summed E-state index contributed by atoms with van der Waals surface area (Å²) in [4.78, 5) is 24.9. The molecule has 1 N–H and O–H groups in total. The molecule has 8 nitrogen and oxygen atoms in total. The Bertz CT molecular complexity index is 1150. The van der Waals surface area contributed by atoms with Crippen molar-refractivity contribution in [1.29, 1.82) is 0 Å². The minimum absolute atomic E-state index is 0.0250. The van der Waals surface area contributed by atoms with Crippen molar-refractivity contribution in [2.45, 2.75) is 103 Å². The molecule has 0 saturated carbocycles. The topological polar surface area (TPSA) is 85.8 Å². The number of rotatable bonds is 8. The number of piperidine rings is 1. The molecule has 1 aromatic carbocycles. The maximum absolute atomic E-state index is 13.6. The first kappa shape index (κ1) is 29.1. The van der Waals surface area contributed by atoms with E-state index in [1.807, 2.05) is 18.7 Å². The van der Waals surface area contributed by atoms with Crippen molar-refractivity contribution in [1.82, 2.24) is 20.2 Å². The van der Waals surface area contributed by atoms with Crippen molar-refractivity contribution in [2.75, 3.05) is 33.4 Å². The monoisotopic (exact) mass is 550 g/mol. The Morgan fingerprint density at radius 3 is 2.70 bits per heavy atom. The molecule has 8 heteroatoms. The number of aryl methyl sites for hydroxylation is 3. The van der Waals surface area contributed by atoms with Crippen LogP contribution < -0.4 is 5.32 Å². The Morgan fingerprint density at radius 1 is 1.10 bits per heavy atom. The SMILES string of the molecule is CO[C@@H]1COCC[C@@H]1NC1CCN(C(=O)c2nc(C)nc(CC[C@@H]3CCC[C@H](c4cccc(C)c4)O3)c2C)CC1. The zero-order valence-corrected chi connectivity index (χ0v) is 24.7. The number of benzene rings is 1. The fourth-order valence-corrected chi connectivity index (χ4v) is 6.50. The largest absolute Gasteiger partial charge is 0.379 e. The molecule has 0 radical (unpaired) electrons. The third kappa shape index (κ3) is 7.08. The van der Waals surface area contributed by atoms with E-state index in [1.54, 1.807) is 7.11 Å². The first-order valence-electron chi connectivity index (χ1n) is 15.1. The Kier molecular flexibility index (Phi) is 9.84. The lowest BCUT2D eigenvalue weighted by molar-refractivity contribution is -0.0547. The average molecular weight is 551 g/mol. The van der Waals surface area contributed by atoms with Gasteiger partial charge in [0.2, 0.25) is 0 Å². The van der Waals surface area contributed by atoms with Gasteiger partial charge in [-0.15, -0.1) is 0 Å². The molecule has 3 aliphatic rings. The van der Waals surface area contributed by atoms with E-state index in [9.17, 15) is 4.79 Å². The van der Waals surface area contributed by atoms with E-state index in [1.165, 1.54) is 17.5 Å². The second-order valence-electron chi connectivity index (χ2n) is 11.8. The molecule has 218 valence electrons. The summed E-state index contributed by atoms with van der Waals surface area (Å²) in [6.07, 6.45) is 8.26. The number of carbonyl (C=O) groups excluding carboxylic acids is 1. The Hall–Kier alpha value is -2.39. The molecule has 4 heterocycles. The predicted molar refractivity (Wildman–Crippen MR) is 155 cm³/mol. The van der Waals surface area contributed by atoms with Crippen LogP contribution in [-0.4, -0.2) is 78.5 Å². The van der Waals surface area contributed by atoms with Crippen molar-refractivity contribution in [3.8, 4) is 0 Å². The fourth-order valence-electron chi connectivity index (χ4n) is 6.50. The van der Waals surface area contributed by atoms with Gasteiger partial charge in [0.05, 0.1) is 24.9 Å². The molecule has 3 saturated heterocycles. The second-order valence-corrected chi connectivity index (χ2v) is 11.8. The summed E-state index contributed by atoms with van der Waals surface area (Å²) >= 11 is 0. The van der Waals surface area contributed by atoms with Gasteiger partial charge in [-0.3, -0.25) is 4.79 Å². The highest BCUT2D eigenvalue weighted by atomic mass is 16.5. The molecule has 2 aromatic rings. The van der Waals surface area contributed by atoms with Crippen LogP contribution >= 0.6 is 0 Å². The average Bonchev–Trinajstić information content (AvgIpc) is 2.98. The maximum Gasteiger partial charge on any atom is 0.272 e. The fraction of sp³-hybridized carbons (Fsp3) is 0.656. The van der Waals surface area contributed by atoms with E-state index in [4.69, 9.17) is 19.2 Å². The van der Waals surface area contributed by atoms with Crippen LogP contribution in [0.3, 0.4) is 0 Å². The summed E-state index contributed by atoms with van der Waals surface area (Å²) in [5, 5.41) is 3.77. The smallest absolute Gasteiger partial charge is 0.272 e. The third-order valence-electron chi connectivity index (χ3n) is 8.87. The molecule has 3 aliphatic heterocycles. The van der Waals surface area contributed by atoms with E-state index < -0.39 is 0 Å². The molecule has 5 rings (SSSR count). The van der Waals surface area contributed by atoms with E-state index in [0.717, 1.165) is 75.9 Å². The van der Waals surface area contributed by atoms with Crippen LogP contribution in [0.5, 0.6) is 0 Å². The molecule has 0 bridgehead atoms. The number of methoxy groups -OCH3 is 1. The van der Waals surface area contributed by atoms with Gasteiger partial charge in [-0.1, -0.05) is 29.8 Å². The Labute approximate surface area is 239 Å². The van der Waals surface area contributed by atoms with Crippen LogP contribution in [0.1, 0.15) is 89.7 Å². The van der Waals surface area contributed by atoms with Crippen LogP contribution in [-0.2, 0) is 20.6 Å². The van der Waals surface area contributed by atoms with E-state index in [0.29, 0.717) is 30.2 Å². The molecular formula is C32H46N4O4. The number of hydrogen-bond donors (Lipinski definition) is 1. The van der Waals surface area contributed by atoms with Crippen molar-refractivity contribution in [3.63, 3.8) is 0 Å². The highest BCUT2D eigenvalue weighted by molar-refractivity contribution is 5.94. The van der Waals surface area contributed by atoms with Crippen molar-refractivity contribution in [3.05, 3.63) is 58.2 Å². The lowest BCUT2D eigenvalue weighted by atomic mass is 9.95. The van der Waals surface area contributed by atoms with Crippen molar-refractivity contribution in [2.24, 2.45) is 0 Å². The van der Waals surface area contributed by atoms with Gasteiger partial charge in [0, 0.05) is 50.1 Å². The summed E-state index contributed by atoms with van der Waals surface area (Å²) in [5.41, 5.74) is 4.98. The van der Waals surface area contributed by atoms with Crippen molar-refractivity contribution >= 4 is 5.91 Å². The summed E-state index contributed by atoms with van der Waals surface area (Å²) in [6, 6.07) is 9.35. The molecule has 0 aliphatic carbocycles. The Morgan fingerprint density at radius 2 is 1.93 bits per heavy atom. The van der Waals surface area contributed by atoms with E-state index in [-0.39, 0.29) is 24.2 Å².